The largest absolute Gasteiger partial charge is 0.490 e. The van der Waals surface area contributed by atoms with Gasteiger partial charge in [-0.2, -0.15) is 5.26 Å². The fourth-order valence-electron chi connectivity index (χ4n) is 4.30. The fraction of sp³-hybridized carbons (Fsp3) is 0.346. The molecule has 2 aliphatic rings. The molecule has 0 unspecified atom stereocenters. The third-order valence-electron chi connectivity index (χ3n) is 5.95. The molecule has 7 heteroatoms. The molecular formula is C26H27N3O3S. The average molecular weight is 462 g/mol. The van der Waals surface area contributed by atoms with E-state index in [1.165, 1.54) is 6.42 Å². The summed E-state index contributed by atoms with van der Waals surface area (Å²) in [5.41, 5.74) is 2.68. The molecule has 4 rings (SSSR count). The number of nitrogens with zero attached hydrogens (tertiary/aromatic N) is 2. The summed E-state index contributed by atoms with van der Waals surface area (Å²) in [6, 6.07) is 15.3. The van der Waals surface area contributed by atoms with Crippen molar-refractivity contribution in [3.8, 4) is 17.6 Å². The van der Waals surface area contributed by atoms with E-state index >= 15 is 0 Å². The van der Waals surface area contributed by atoms with Crippen molar-refractivity contribution in [3.05, 3.63) is 64.9 Å². The number of hydrogen-bond donors (Lipinski definition) is 1. The number of nitrogens with one attached hydrogen (secondary N) is 1. The van der Waals surface area contributed by atoms with Crippen LogP contribution in [0.4, 0.5) is 0 Å². The van der Waals surface area contributed by atoms with Crippen LogP contribution in [-0.2, 0) is 11.4 Å². The molecule has 0 spiro atoms. The lowest BCUT2D eigenvalue weighted by atomic mass is 9.94. The maximum atomic E-state index is 13.0. The Hall–Kier alpha value is -3.37. The number of carbonyl (C=O) groups excluding carboxylic acids is 1. The highest BCUT2D eigenvalue weighted by Crippen LogP contribution is 2.31. The van der Waals surface area contributed by atoms with Gasteiger partial charge in [0.1, 0.15) is 12.3 Å². The minimum atomic E-state index is -0.0710. The quantitative estimate of drug-likeness (QED) is 0.466. The molecule has 1 saturated carbocycles. The Morgan fingerprint density at radius 3 is 2.70 bits per heavy atom. The SMILES string of the molecule is CCOc1cc(/C=C2\NC(=S)N(C3CCCCC3)C2=O)ccc1OCc1ccccc1C#N. The smallest absolute Gasteiger partial charge is 0.276 e. The van der Waals surface area contributed by atoms with Crippen LogP contribution in [-0.4, -0.2) is 28.6 Å². The van der Waals surface area contributed by atoms with Gasteiger partial charge in [0.25, 0.3) is 5.91 Å². The first-order valence-electron chi connectivity index (χ1n) is 11.3. The van der Waals surface area contributed by atoms with Crippen molar-refractivity contribution in [1.29, 1.82) is 5.26 Å². The van der Waals surface area contributed by atoms with Gasteiger partial charge in [-0.3, -0.25) is 9.69 Å². The van der Waals surface area contributed by atoms with E-state index in [9.17, 15) is 10.1 Å². The second-order valence-corrected chi connectivity index (χ2v) is 8.54. The topological polar surface area (TPSA) is 74.6 Å². The highest BCUT2D eigenvalue weighted by Gasteiger charge is 2.36. The monoisotopic (exact) mass is 461 g/mol. The van der Waals surface area contributed by atoms with Crippen molar-refractivity contribution in [1.82, 2.24) is 10.2 Å². The summed E-state index contributed by atoms with van der Waals surface area (Å²) in [4.78, 5) is 14.8. The molecule has 2 aromatic rings. The molecule has 0 aromatic heterocycles. The van der Waals surface area contributed by atoms with E-state index in [1.807, 2.05) is 43.3 Å². The first-order valence-corrected chi connectivity index (χ1v) is 11.8. The molecule has 1 heterocycles. The van der Waals surface area contributed by atoms with Crippen molar-refractivity contribution in [2.24, 2.45) is 0 Å². The van der Waals surface area contributed by atoms with Crippen molar-refractivity contribution in [2.45, 2.75) is 51.7 Å². The molecule has 0 atom stereocenters. The van der Waals surface area contributed by atoms with Crippen LogP contribution in [0, 0.1) is 11.3 Å². The van der Waals surface area contributed by atoms with Crippen LogP contribution in [0.2, 0.25) is 0 Å². The second kappa shape index (κ2) is 10.5. The second-order valence-electron chi connectivity index (χ2n) is 8.15. The average Bonchev–Trinajstić information content (AvgIpc) is 3.12. The molecule has 1 amide bonds. The van der Waals surface area contributed by atoms with Crippen molar-refractivity contribution >= 4 is 29.3 Å². The van der Waals surface area contributed by atoms with Gasteiger partial charge in [-0.1, -0.05) is 43.5 Å². The molecule has 1 N–H and O–H groups in total. The highest BCUT2D eigenvalue weighted by molar-refractivity contribution is 7.80. The minimum absolute atomic E-state index is 0.0710. The van der Waals surface area contributed by atoms with E-state index in [1.54, 1.807) is 17.0 Å². The van der Waals surface area contributed by atoms with Crippen LogP contribution >= 0.6 is 12.2 Å². The number of benzene rings is 2. The van der Waals surface area contributed by atoms with Crippen LogP contribution in [0.25, 0.3) is 6.08 Å². The minimum Gasteiger partial charge on any atom is -0.490 e. The predicted octanol–water partition coefficient (Wildman–Crippen LogP) is 4.93. The van der Waals surface area contributed by atoms with Gasteiger partial charge in [-0.15, -0.1) is 0 Å². The van der Waals surface area contributed by atoms with Gasteiger partial charge in [0.15, 0.2) is 16.6 Å². The number of thiocarbonyl (C=S) groups is 1. The van der Waals surface area contributed by atoms with Gasteiger partial charge in [0.2, 0.25) is 0 Å². The number of rotatable bonds is 7. The molecule has 0 radical (unpaired) electrons. The number of ether oxygens (including phenoxy) is 2. The zero-order valence-electron chi connectivity index (χ0n) is 18.7. The van der Waals surface area contributed by atoms with Gasteiger partial charge in [0.05, 0.1) is 18.2 Å². The number of amides is 1. The van der Waals surface area contributed by atoms with Crippen molar-refractivity contribution < 1.29 is 14.3 Å². The molecule has 1 saturated heterocycles. The van der Waals surface area contributed by atoms with Crippen LogP contribution in [0.15, 0.2) is 48.2 Å². The van der Waals surface area contributed by atoms with Gasteiger partial charge >= 0.3 is 0 Å². The first kappa shape index (κ1) is 22.8. The van der Waals surface area contributed by atoms with E-state index in [0.29, 0.717) is 34.5 Å². The summed E-state index contributed by atoms with van der Waals surface area (Å²) >= 11 is 5.47. The van der Waals surface area contributed by atoms with Crippen molar-refractivity contribution in [3.63, 3.8) is 0 Å². The zero-order valence-corrected chi connectivity index (χ0v) is 19.5. The van der Waals surface area contributed by atoms with Gasteiger partial charge in [-0.25, -0.2) is 0 Å². The number of nitriles is 1. The molecule has 6 nitrogen and oxygen atoms in total. The number of hydrogen-bond acceptors (Lipinski definition) is 5. The molecule has 2 aromatic carbocycles. The molecule has 2 fully saturated rings. The molecular weight excluding hydrogens is 434 g/mol. The lowest BCUT2D eigenvalue weighted by Crippen LogP contribution is -2.41. The van der Waals surface area contributed by atoms with Gasteiger partial charge in [0, 0.05) is 11.6 Å². The highest BCUT2D eigenvalue weighted by atomic mass is 32.1. The summed E-state index contributed by atoms with van der Waals surface area (Å²) in [7, 11) is 0. The summed E-state index contributed by atoms with van der Waals surface area (Å²) < 4.78 is 11.8. The fourth-order valence-corrected chi connectivity index (χ4v) is 4.64. The lowest BCUT2D eigenvalue weighted by molar-refractivity contribution is -0.124. The van der Waals surface area contributed by atoms with Gasteiger partial charge < -0.3 is 14.8 Å². The van der Waals surface area contributed by atoms with Crippen LogP contribution < -0.4 is 14.8 Å². The number of carbonyl (C=O) groups is 1. The molecule has 1 aliphatic heterocycles. The maximum absolute atomic E-state index is 13.0. The normalized spacial score (nSPS) is 17.7. The first-order chi connectivity index (χ1) is 16.1. The van der Waals surface area contributed by atoms with E-state index in [4.69, 9.17) is 21.7 Å². The predicted molar refractivity (Wildman–Crippen MR) is 131 cm³/mol. The molecule has 33 heavy (non-hydrogen) atoms. The van der Waals surface area contributed by atoms with Gasteiger partial charge in [-0.05, 0) is 61.8 Å². The Balaban J connectivity index is 1.52. The summed E-state index contributed by atoms with van der Waals surface area (Å²) in [6.07, 6.45) is 7.28. The van der Waals surface area contributed by atoms with E-state index < -0.39 is 0 Å². The zero-order chi connectivity index (χ0) is 23.2. The van der Waals surface area contributed by atoms with Crippen LogP contribution in [0.3, 0.4) is 0 Å². The lowest BCUT2D eigenvalue weighted by Gasteiger charge is -2.29. The summed E-state index contributed by atoms with van der Waals surface area (Å²) in [5.74, 6) is 1.09. The van der Waals surface area contributed by atoms with Crippen LogP contribution in [0.1, 0.15) is 55.7 Å². The Morgan fingerprint density at radius 2 is 1.94 bits per heavy atom. The maximum Gasteiger partial charge on any atom is 0.276 e. The van der Waals surface area contributed by atoms with E-state index in [2.05, 4.69) is 11.4 Å². The molecule has 0 bridgehead atoms. The standard InChI is InChI=1S/C26H27N3O3S/c1-2-31-24-15-18(12-13-23(24)32-17-20-9-7-6-8-19(20)16-27)14-22-25(30)29(26(33)28-22)21-10-4-3-5-11-21/h6-9,12-15,21H,2-5,10-11,17H2,1H3,(H,28,33)/b22-14-. The Morgan fingerprint density at radius 1 is 1.15 bits per heavy atom. The third kappa shape index (κ3) is 5.18. The Bertz CT molecular complexity index is 1120. The Labute approximate surface area is 199 Å². The van der Waals surface area contributed by atoms with Crippen LogP contribution in [0.5, 0.6) is 11.5 Å². The van der Waals surface area contributed by atoms with E-state index in [-0.39, 0.29) is 18.6 Å². The molecule has 170 valence electrons. The third-order valence-corrected chi connectivity index (χ3v) is 6.25. The summed E-state index contributed by atoms with van der Waals surface area (Å²) in [6.45, 7) is 2.64. The summed E-state index contributed by atoms with van der Waals surface area (Å²) in [5, 5.41) is 12.9. The van der Waals surface area contributed by atoms with E-state index in [0.717, 1.165) is 36.8 Å². The Kier molecular flexibility index (Phi) is 7.26. The molecule has 1 aliphatic carbocycles. The van der Waals surface area contributed by atoms with Crippen molar-refractivity contribution in [2.75, 3.05) is 6.61 Å².